The first-order chi connectivity index (χ1) is 9.97. The first-order valence-corrected chi connectivity index (χ1v) is 7.71. The largest absolute Gasteiger partial charge is 0.375 e. The second-order valence-electron chi connectivity index (χ2n) is 6.04. The number of hydrogen-bond acceptors (Lipinski definition) is 6. The minimum absolute atomic E-state index is 0.207. The second kappa shape index (κ2) is 6.58. The molecule has 0 radical (unpaired) electrons. The molecule has 1 aliphatic rings. The number of nitrogen functional groups attached to an aromatic ring is 1. The molecule has 3 N–H and O–H groups in total. The maximum Gasteiger partial charge on any atom is 0.148 e. The van der Waals surface area contributed by atoms with Crippen molar-refractivity contribution >= 4 is 11.6 Å². The molecule has 1 aromatic rings. The van der Waals surface area contributed by atoms with E-state index in [2.05, 4.69) is 43.0 Å². The van der Waals surface area contributed by atoms with Gasteiger partial charge in [0, 0.05) is 18.0 Å². The van der Waals surface area contributed by atoms with E-state index in [1.165, 1.54) is 0 Å². The highest BCUT2D eigenvalue weighted by Crippen LogP contribution is 2.29. The van der Waals surface area contributed by atoms with E-state index in [1.54, 1.807) is 0 Å². The van der Waals surface area contributed by atoms with Crippen LogP contribution >= 0.6 is 0 Å². The van der Waals surface area contributed by atoms with Crippen molar-refractivity contribution < 1.29 is 4.74 Å². The Morgan fingerprint density at radius 2 is 2.14 bits per heavy atom. The summed E-state index contributed by atoms with van der Waals surface area (Å²) in [4.78, 5) is 11.7. The number of anilines is 2. The number of hydrogen-bond donors (Lipinski definition) is 2. The maximum absolute atomic E-state index is 5.78. The van der Waals surface area contributed by atoms with E-state index in [0.717, 1.165) is 36.8 Å². The normalized spacial score (nSPS) is 22.7. The third-order valence-electron chi connectivity index (χ3n) is 4.00. The lowest BCUT2D eigenvalue weighted by Gasteiger charge is -2.40. The van der Waals surface area contributed by atoms with Crippen molar-refractivity contribution in [3.63, 3.8) is 0 Å². The van der Waals surface area contributed by atoms with Crippen LogP contribution in [0.1, 0.15) is 51.4 Å². The van der Waals surface area contributed by atoms with Crippen molar-refractivity contribution in [2.75, 3.05) is 23.5 Å². The van der Waals surface area contributed by atoms with Gasteiger partial charge in [-0.15, -0.1) is 0 Å². The zero-order valence-corrected chi connectivity index (χ0v) is 13.7. The SMILES string of the molecule is CCC1COC(C)CN1c1nc(C(C)C)nc(NN)c1C. The monoisotopic (exact) mass is 293 g/mol. The highest BCUT2D eigenvalue weighted by atomic mass is 16.5. The number of hydrazine groups is 1. The average Bonchev–Trinajstić information content (AvgIpc) is 2.47. The highest BCUT2D eigenvalue weighted by molar-refractivity contribution is 5.59. The minimum atomic E-state index is 0.207. The maximum atomic E-state index is 5.78. The Balaban J connectivity index is 2.47. The van der Waals surface area contributed by atoms with Gasteiger partial charge in [-0.2, -0.15) is 0 Å². The van der Waals surface area contributed by atoms with Crippen molar-refractivity contribution in [2.45, 2.75) is 59.1 Å². The smallest absolute Gasteiger partial charge is 0.148 e. The lowest BCUT2D eigenvalue weighted by atomic mass is 10.1. The van der Waals surface area contributed by atoms with E-state index in [9.17, 15) is 0 Å². The molecule has 2 atom stereocenters. The number of ether oxygens (including phenoxy) is 1. The van der Waals surface area contributed by atoms with Gasteiger partial charge in [-0.3, -0.25) is 0 Å². The van der Waals surface area contributed by atoms with Crippen LogP contribution in [-0.4, -0.2) is 35.3 Å². The number of aromatic nitrogens is 2. The molecule has 2 rings (SSSR count). The fourth-order valence-corrected chi connectivity index (χ4v) is 2.64. The number of nitrogens with one attached hydrogen (secondary N) is 1. The molecule has 6 heteroatoms. The molecule has 0 spiro atoms. The zero-order valence-electron chi connectivity index (χ0n) is 13.7. The van der Waals surface area contributed by atoms with Crippen LogP contribution in [0, 0.1) is 6.92 Å². The summed E-state index contributed by atoms with van der Waals surface area (Å²) in [6.07, 6.45) is 1.23. The number of nitrogens with zero attached hydrogens (tertiary/aromatic N) is 3. The van der Waals surface area contributed by atoms with E-state index in [4.69, 9.17) is 15.6 Å². The lowest BCUT2D eigenvalue weighted by molar-refractivity contribution is 0.0295. The van der Waals surface area contributed by atoms with Crippen molar-refractivity contribution in [3.05, 3.63) is 11.4 Å². The standard InChI is InChI=1S/C15H27N5O/c1-6-12-8-21-10(4)7-20(12)15-11(5)14(19-16)17-13(18-15)9(2)3/h9-10,12H,6-8,16H2,1-5H3,(H,17,18,19). The van der Waals surface area contributed by atoms with Gasteiger partial charge in [-0.25, -0.2) is 15.8 Å². The van der Waals surface area contributed by atoms with Gasteiger partial charge in [-0.1, -0.05) is 20.8 Å². The number of nitrogens with two attached hydrogens (primary N) is 1. The Bertz CT molecular complexity index is 491. The molecule has 1 aromatic heterocycles. The Morgan fingerprint density at radius 3 is 2.71 bits per heavy atom. The van der Waals surface area contributed by atoms with Crippen LogP contribution in [0.2, 0.25) is 0 Å². The molecular formula is C15H27N5O. The Morgan fingerprint density at radius 1 is 1.43 bits per heavy atom. The summed E-state index contributed by atoms with van der Waals surface area (Å²) in [6, 6.07) is 0.348. The van der Waals surface area contributed by atoms with Gasteiger partial charge in [0.15, 0.2) is 0 Å². The van der Waals surface area contributed by atoms with Gasteiger partial charge in [-0.05, 0) is 20.3 Å². The molecular weight excluding hydrogens is 266 g/mol. The summed E-state index contributed by atoms with van der Waals surface area (Å²) >= 11 is 0. The lowest BCUT2D eigenvalue weighted by Crippen LogP contribution is -2.49. The van der Waals surface area contributed by atoms with Crippen molar-refractivity contribution in [1.82, 2.24) is 9.97 Å². The number of morpholine rings is 1. The van der Waals surface area contributed by atoms with Crippen LogP contribution < -0.4 is 16.2 Å². The van der Waals surface area contributed by atoms with Crippen LogP contribution in [0.5, 0.6) is 0 Å². The Kier molecular flexibility index (Phi) is 5.00. The minimum Gasteiger partial charge on any atom is -0.375 e. The molecule has 1 saturated heterocycles. The summed E-state index contributed by atoms with van der Waals surface area (Å²) in [6.45, 7) is 12.1. The van der Waals surface area contributed by atoms with Crippen molar-refractivity contribution in [1.29, 1.82) is 0 Å². The summed E-state index contributed by atoms with van der Waals surface area (Å²) < 4.78 is 5.78. The fraction of sp³-hybridized carbons (Fsp3) is 0.733. The van der Waals surface area contributed by atoms with Gasteiger partial charge >= 0.3 is 0 Å². The van der Waals surface area contributed by atoms with E-state index >= 15 is 0 Å². The third kappa shape index (κ3) is 3.27. The molecule has 1 fully saturated rings. The van der Waals surface area contributed by atoms with Crippen LogP contribution in [0.15, 0.2) is 0 Å². The van der Waals surface area contributed by atoms with Gasteiger partial charge in [0.1, 0.15) is 17.5 Å². The predicted octanol–water partition coefficient (Wildman–Crippen LogP) is 2.20. The summed E-state index contributed by atoms with van der Waals surface area (Å²) in [5.74, 6) is 8.39. The summed E-state index contributed by atoms with van der Waals surface area (Å²) in [7, 11) is 0. The molecule has 118 valence electrons. The van der Waals surface area contributed by atoms with E-state index in [1.807, 2.05) is 6.92 Å². The quantitative estimate of drug-likeness (QED) is 0.654. The van der Waals surface area contributed by atoms with E-state index in [-0.39, 0.29) is 12.0 Å². The van der Waals surface area contributed by atoms with Gasteiger partial charge in [0.2, 0.25) is 0 Å². The molecule has 6 nitrogen and oxygen atoms in total. The topological polar surface area (TPSA) is 76.3 Å². The highest BCUT2D eigenvalue weighted by Gasteiger charge is 2.29. The first-order valence-electron chi connectivity index (χ1n) is 7.71. The van der Waals surface area contributed by atoms with Crippen molar-refractivity contribution in [3.8, 4) is 0 Å². The molecule has 21 heavy (non-hydrogen) atoms. The van der Waals surface area contributed by atoms with Gasteiger partial charge < -0.3 is 15.1 Å². The molecule has 2 unspecified atom stereocenters. The number of rotatable bonds is 4. The van der Waals surface area contributed by atoms with E-state index in [0.29, 0.717) is 11.9 Å². The van der Waals surface area contributed by atoms with Crippen LogP contribution in [0.3, 0.4) is 0 Å². The van der Waals surface area contributed by atoms with Gasteiger partial charge in [0.25, 0.3) is 0 Å². The molecule has 1 aliphatic heterocycles. The fourth-order valence-electron chi connectivity index (χ4n) is 2.64. The Labute approximate surface area is 127 Å². The van der Waals surface area contributed by atoms with E-state index < -0.39 is 0 Å². The average molecular weight is 293 g/mol. The molecule has 2 heterocycles. The van der Waals surface area contributed by atoms with Crippen LogP contribution in [0.25, 0.3) is 0 Å². The van der Waals surface area contributed by atoms with Crippen LogP contribution in [0.4, 0.5) is 11.6 Å². The third-order valence-corrected chi connectivity index (χ3v) is 4.00. The Hall–Kier alpha value is -1.40. The zero-order chi connectivity index (χ0) is 15.6. The van der Waals surface area contributed by atoms with Crippen molar-refractivity contribution in [2.24, 2.45) is 5.84 Å². The first kappa shape index (κ1) is 16.0. The van der Waals surface area contributed by atoms with Crippen LogP contribution in [-0.2, 0) is 4.74 Å². The molecule has 0 bridgehead atoms. The molecule has 0 saturated carbocycles. The molecule has 0 amide bonds. The molecule has 0 aliphatic carbocycles. The molecule has 0 aromatic carbocycles. The van der Waals surface area contributed by atoms with Gasteiger partial charge in [0.05, 0.1) is 18.8 Å². The summed E-state index contributed by atoms with van der Waals surface area (Å²) in [5, 5.41) is 0. The summed E-state index contributed by atoms with van der Waals surface area (Å²) in [5.41, 5.74) is 3.70. The second-order valence-corrected chi connectivity index (χ2v) is 6.04. The predicted molar refractivity (Wildman–Crippen MR) is 85.5 cm³/mol.